The van der Waals surface area contributed by atoms with Crippen LogP contribution in [0.4, 0.5) is 4.79 Å². The lowest BCUT2D eigenvalue weighted by Gasteiger charge is -2.37. The van der Waals surface area contributed by atoms with E-state index in [1.807, 2.05) is 18.3 Å². The molecule has 1 fully saturated rings. The lowest BCUT2D eigenvalue weighted by atomic mass is 10.0. The van der Waals surface area contributed by atoms with Gasteiger partial charge in [0.2, 0.25) is 0 Å². The van der Waals surface area contributed by atoms with Crippen molar-refractivity contribution in [1.29, 1.82) is 0 Å². The van der Waals surface area contributed by atoms with Crippen molar-refractivity contribution in [2.24, 2.45) is 0 Å². The van der Waals surface area contributed by atoms with Gasteiger partial charge in [-0.15, -0.1) is 0 Å². The van der Waals surface area contributed by atoms with Gasteiger partial charge in [-0.1, -0.05) is 25.1 Å². The molecule has 7 nitrogen and oxygen atoms in total. The first kappa shape index (κ1) is 21.3. The number of piperidine rings is 1. The van der Waals surface area contributed by atoms with Gasteiger partial charge in [0, 0.05) is 43.7 Å². The van der Waals surface area contributed by atoms with E-state index in [0.29, 0.717) is 24.0 Å². The van der Waals surface area contributed by atoms with Crippen molar-refractivity contribution in [3.05, 3.63) is 48.2 Å². The van der Waals surface area contributed by atoms with Gasteiger partial charge in [0.05, 0.1) is 10.6 Å². The summed E-state index contributed by atoms with van der Waals surface area (Å²) < 4.78 is 23.2. The number of benzene rings is 1. The number of hydrogen-bond acceptors (Lipinski definition) is 5. The number of sulfone groups is 1. The van der Waals surface area contributed by atoms with Gasteiger partial charge in [-0.25, -0.2) is 13.2 Å². The lowest BCUT2D eigenvalue weighted by molar-refractivity contribution is 0.0939. The SMILES string of the molecule is CCN(Cc1ccc(-c2ccc(S(C)(=O)=O)cc2)nc1)C1CCN(C(=O)O)CC1. The molecule has 2 aromatic rings. The van der Waals surface area contributed by atoms with Crippen molar-refractivity contribution in [2.75, 3.05) is 25.9 Å². The standard InChI is InChI=1S/C21H27N3O4S/c1-3-23(18-10-12-24(13-11-18)21(25)26)15-16-4-9-20(22-14-16)17-5-7-19(8-6-17)29(2,27)28/h4-9,14,18H,3,10-13,15H2,1-2H3,(H,25,26). The Kier molecular flexibility index (Phi) is 6.54. The molecule has 29 heavy (non-hydrogen) atoms. The second-order valence-electron chi connectivity index (χ2n) is 7.41. The molecule has 1 amide bonds. The summed E-state index contributed by atoms with van der Waals surface area (Å²) in [7, 11) is -3.21. The van der Waals surface area contributed by atoms with Crippen LogP contribution in [0.5, 0.6) is 0 Å². The fourth-order valence-corrected chi connectivity index (χ4v) is 4.35. The maximum atomic E-state index is 11.6. The first-order valence-corrected chi connectivity index (χ1v) is 11.6. The summed E-state index contributed by atoms with van der Waals surface area (Å²) in [6, 6.07) is 11.1. The lowest BCUT2D eigenvalue weighted by Crippen LogP contribution is -2.46. The molecule has 0 atom stereocenters. The van der Waals surface area contributed by atoms with Crippen LogP contribution in [0.2, 0.25) is 0 Å². The molecule has 0 saturated carbocycles. The average molecular weight is 418 g/mol. The largest absolute Gasteiger partial charge is 0.465 e. The third-order valence-corrected chi connectivity index (χ3v) is 6.57. The Morgan fingerprint density at radius 1 is 1.17 bits per heavy atom. The van der Waals surface area contributed by atoms with Crippen LogP contribution in [0.3, 0.4) is 0 Å². The second kappa shape index (κ2) is 8.92. The van der Waals surface area contributed by atoms with Crippen molar-refractivity contribution >= 4 is 15.9 Å². The van der Waals surface area contributed by atoms with E-state index in [1.165, 1.54) is 11.2 Å². The van der Waals surface area contributed by atoms with E-state index in [0.717, 1.165) is 42.8 Å². The van der Waals surface area contributed by atoms with Crippen LogP contribution < -0.4 is 0 Å². The predicted octanol–water partition coefficient (Wildman–Crippen LogP) is 3.12. The molecule has 1 aromatic heterocycles. The van der Waals surface area contributed by atoms with Crippen molar-refractivity contribution in [3.8, 4) is 11.3 Å². The number of pyridine rings is 1. The average Bonchev–Trinajstić information content (AvgIpc) is 2.72. The summed E-state index contributed by atoms with van der Waals surface area (Å²) in [6.45, 7) is 4.95. The van der Waals surface area contributed by atoms with E-state index in [-0.39, 0.29) is 0 Å². The zero-order chi connectivity index (χ0) is 21.0. The van der Waals surface area contributed by atoms with E-state index in [2.05, 4.69) is 16.8 Å². The zero-order valence-corrected chi connectivity index (χ0v) is 17.6. The number of hydrogen-bond donors (Lipinski definition) is 1. The number of carbonyl (C=O) groups is 1. The third-order valence-electron chi connectivity index (χ3n) is 5.45. The molecular formula is C21H27N3O4S. The topological polar surface area (TPSA) is 90.8 Å². The molecule has 1 N–H and O–H groups in total. The summed E-state index contributed by atoms with van der Waals surface area (Å²) in [5.41, 5.74) is 2.77. The molecule has 0 radical (unpaired) electrons. The molecule has 0 spiro atoms. The van der Waals surface area contributed by atoms with Crippen molar-refractivity contribution in [2.45, 2.75) is 37.2 Å². The highest BCUT2D eigenvalue weighted by molar-refractivity contribution is 7.90. The molecule has 1 aliphatic heterocycles. The van der Waals surface area contributed by atoms with Crippen LogP contribution in [0.1, 0.15) is 25.3 Å². The molecule has 2 heterocycles. The van der Waals surface area contributed by atoms with E-state index in [9.17, 15) is 13.2 Å². The Morgan fingerprint density at radius 2 is 1.83 bits per heavy atom. The van der Waals surface area contributed by atoms with Gasteiger partial charge in [0.15, 0.2) is 9.84 Å². The minimum Gasteiger partial charge on any atom is -0.465 e. The Bertz CT molecular complexity index is 935. The van der Waals surface area contributed by atoms with E-state index in [1.54, 1.807) is 24.3 Å². The molecule has 8 heteroatoms. The number of nitrogens with zero attached hydrogens (tertiary/aromatic N) is 3. The summed E-state index contributed by atoms with van der Waals surface area (Å²) in [5.74, 6) is 0. The quantitative estimate of drug-likeness (QED) is 0.777. The molecular weight excluding hydrogens is 390 g/mol. The highest BCUT2D eigenvalue weighted by atomic mass is 32.2. The second-order valence-corrected chi connectivity index (χ2v) is 9.43. The molecule has 1 aromatic carbocycles. The van der Waals surface area contributed by atoms with Gasteiger partial charge in [0.25, 0.3) is 0 Å². The monoisotopic (exact) mass is 417 g/mol. The van der Waals surface area contributed by atoms with Crippen LogP contribution in [-0.4, -0.2) is 66.3 Å². The Hall–Kier alpha value is -2.45. The van der Waals surface area contributed by atoms with Gasteiger partial charge in [-0.3, -0.25) is 9.88 Å². The summed E-state index contributed by atoms with van der Waals surface area (Å²) in [4.78, 5) is 19.8. The van der Waals surface area contributed by atoms with Gasteiger partial charge < -0.3 is 10.0 Å². The number of amides is 1. The van der Waals surface area contributed by atoms with Crippen LogP contribution in [-0.2, 0) is 16.4 Å². The highest BCUT2D eigenvalue weighted by Crippen LogP contribution is 2.22. The first-order valence-electron chi connectivity index (χ1n) is 9.75. The number of rotatable bonds is 6. The van der Waals surface area contributed by atoms with Crippen LogP contribution in [0.25, 0.3) is 11.3 Å². The molecule has 1 saturated heterocycles. The Labute approximate surface area is 171 Å². The number of likely N-dealkylation sites (tertiary alicyclic amines) is 1. The minimum absolute atomic E-state index is 0.297. The van der Waals surface area contributed by atoms with Crippen LogP contribution in [0, 0.1) is 0 Å². The predicted molar refractivity (Wildman–Crippen MR) is 111 cm³/mol. The van der Waals surface area contributed by atoms with E-state index in [4.69, 9.17) is 5.11 Å². The molecule has 3 rings (SSSR count). The first-order chi connectivity index (χ1) is 13.8. The normalized spacial score (nSPS) is 15.6. The van der Waals surface area contributed by atoms with Crippen molar-refractivity contribution < 1.29 is 18.3 Å². The number of aromatic nitrogens is 1. The van der Waals surface area contributed by atoms with E-state index >= 15 is 0 Å². The Morgan fingerprint density at radius 3 is 2.31 bits per heavy atom. The maximum Gasteiger partial charge on any atom is 0.407 e. The summed E-state index contributed by atoms with van der Waals surface area (Å²) >= 11 is 0. The smallest absolute Gasteiger partial charge is 0.407 e. The van der Waals surface area contributed by atoms with Gasteiger partial charge in [-0.2, -0.15) is 0 Å². The zero-order valence-electron chi connectivity index (χ0n) is 16.8. The highest BCUT2D eigenvalue weighted by Gasteiger charge is 2.26. The Balaban J connectivity index is 1.64. The summed E-state index contributed by atoms with van der Waals surface area (Å²) in [5, 5.41) is 9.10. The maximum absolute atomic E-state index is 11.6. The number of carboxylic acid groups (broad SMARTS) is 1. The molecule has 156 valence electrons. The van der Waals surface area contributed by atoms with Crippen molar-refractivity contribution in [3.63, 3.8) is 0 Å². The van der Waals surface area contributed by atoms with Crippen LogP contribution in [0.15, 0.2) is 47.5 Å². The molecule has 0 bridgehead atoms. The fourth-order valence-electron chi connectivity index (χ4n) is 3.72. The van der Waals surface area contributed by atoms with Crippen LogP contribution >= 0.6 is 0 Å². The van der Waals surface area contributed by atoms with E-state index < -0.39 is 15.9 Å². The molecule has 0 unspecified atom stereocenters. The minimum atomic E-state index is -3.21. The fraction of sp³-hybridized carbons (Fsp3) is 0.429. The van der Waals surface area contributed by atoms with Crippen molar-refractivity contribution in [1.82, 2.24) is 14.8 Å². The van der Waals surface area contributed by atoms with Gasteiger partial charge >= 0.3 is 6.09 Å². The third kappa shape index (κ3) is 5.33. The van der Waals surface area contributed by atoms with Gasteiger partial charge in [-0.05, 0) is 43.1 Å². The molecule has 1 aliphatic rings. The molecule has 0 aliphatic carbocycles. The van der Waals surface area contributed by atoms with Gasteiger partial charge in [0.1, 0.15) is 0 Å². The summed E-state index contributed by atoms with van der Waals surface area (Å²) in [6.07, 6.45) is 3.90.